The Morgan fingerprint density at radius 2 is 1.79 bits per heavy atom. The van der Waals surface area contributed by atoms with Crippen LogP contribution in [0.2, 0.25) is 4.82 Å². The summed E-state index contributed by atoms with van der Waals surface area (Å²) in [6.45, 7) is 0. The SMILES string of the molecule is ClC1CCCCC1[Se]c1ccccc1. The average Bonchev–Trinajstić information content (AvgIpc) is 2.23. The Labute approximate surface area is 97.2 Å². The van der Waals surface area contributed by atoms with Crippen molar-refractivity contribution in [3.63, 3.8) is 0 Å². The van der Waals surface area contributed by atoms with Crippen molar-refractivity contribution in [3.8, 4) is 0 Å². The molecule has 2 atom stereocenters. The Balaban J connectivity index is 1.96. The van der Waals surface area contributed by atoms with Gasteiger partial charge in [-0.15, -0.1) is 0 Å². The molecule has 1 saturated carbocycles. The van der Waals surface area contributed by atoms with E-state index in [1.54, 1.807) is 0 Å². The molecule has 0 aromatic heterocycles. The molecular weight excluding hydrogens is 259 g/mol. The van der Waals surface area contributed by atoms with Gasteiger partial charge >= 0.3 is 97.2 Å². The second-order valence-electron chi connectivity index (χ2n) is 3.77. The van der Waals surface area contributed by atoms with E-state index in [2.05, 4.69) is 30.3 Å². The molecule has 0 bridgehead atoms. The van der Waals surface area contributed by atoms with Crippen LogP contribution in [0.4, 0.5) is 0 Å². The van der Waals surface area contributed by atoms with Gasteiger partial charge in [-0.05, 0) is 0 Å². The third-order valence-electron chi connectivity index (χ3n) is 2.65. The fourth-order valence-electron chi connectivity index (χ4n) is 1.86. The van der Waals surface area contributed by atoms with Crippen molar-refractivity contribution >= 4 is 31.0 Å². The van der Waals surface area contributed by atoms with Crippen molar-refractivity contribution in [2.75, 3.05) is 0 Å². The van der Waals surface area contributed by atoms with Crippen LogP contribution < -0.4 is 4.46 Å². The summed E-state index contributed by atoms with van der Waals surface area (Å²) in [7, 11) is 0. The number of hydrogen-bond acceptors (Lipinski definition) is 0. The van der Waals surface area contributed by atoms with Crippen molar-refractivity contribution in [1.29, 1.82) is 0 Å². The van der Waals surface area contributed by atoms with Crippen molar-refractivity contribution < 1.29 is 0 Å². The van der Waals surface area contributed by atoms with E-state index < -0.39 is 0 Å². The molecule has 1 aromatic carbocycles. The van der Waals surface area contributed by atoms with E-state index in [-0.39, 0.29) is 0 Å². The van der Waals surface area contributed by atoms with Gasteiger partial charge in [-0.2, -0.15) is 0 Å². The van der Waals surface area contributed by atoms with Gasteiger partial charge in [0.2, 0.25) is 0 Å². The fraction of sp³-hybridized carbons (Fsp3) is 0.500. The molecule has 0 heterocycles. The zero-order valence-electron chi connectivity index (χ0n) is 8.16. The molecule has 0 nitrogen and oxygen atoms in total. The van der Waals surface area contributed by atoms with Gasteiger partial charge in [0, 0.05) is 0 Å². The summed E-state index contributed by atoms with van der Waals surface area (Å²) >= 11 is 6.93. The summed E-state index contributed by atoms with van der Waals surface area (Å²) in [5, 5.41) is 0.434. The van der Waals surface area contributed by atoms with Gasteiger partial charge in [0.05, 0.1) is 0 Å². The zero-order chi connectivity index (χ0) is 9.80. The first kappa shape index (κ1) is 10.5. The number of hydrogen-bond donors (Lipinski definition) is 0. The van der Waals surface area contributed by atoms with Crippen molar-refractivity contribution in [2.24, 2.45) is 0 Å². The Hall–Kier alpha value is 0.0295. The standard InChI is InChI=1S/C12H15ClSe/c13-11-8-4-5-9-12(11)14-10-6-2-1-3-7-10/h1-3,6-7,11-12H,4-5,8-9H2. The normalized spacial score (nSPS) is 27.5. The van der Waals surface area contributed by atoms with Gasteiger partial charge in [-0.3, -0.25) is 0 Å². The topological polar surface area (TPSA) is 0 Å². The minimum absolute atomic E-state index is 0.434. The van der Waals surface area contributed by atoms with E-state index in [9.17, 15) is 0 Å². The quantitative estimate of drug-likeness (QED) is 0.574. The first-order valence-electron chi connectivity index (χ1n) is 5.22. The molecule has 1 aromatic rings. The second kappa shape index (κ2) is 5.21. The summed E-state index contributed by atoms with van der Waals surface area (Å²) in [6.07, 6.45) is 5.27. The molecule has 2 rings (SSSR count). The monoisotopic (exact) mass is 274 g/mol. The maximum absolute atomic E-state index is 6.35. The molecule has 0 radical (unpaired) electrons. The molecule has 0 saturated heterocycles. The van der Waals surface area contributed by atoms with Crippen LogP contribution >= 0.6 is 11.6 Å². The Morgan fingerprint density at radius 3 is 2.50 bits per heavy atom. The molecule has 2 unspecified atom stereocenters. The first-order chi connectivity index (χ1) is 6.86. The van der Waals surface area contributed by atoms with E-state index in [1.165, 1.54) is 30.1 Å². The van der Waals surface area contributed by atoms with E-state index in [0.29, 0.717) is 20.3 Å². The number of rotatable bonds is 2. The molecule has 1 aliphatic rings. The second-order valence-corrected chi connectivity index (χ2v) is 7.08. The Morgan fingerprint density at radius 1 is 1.07 bits per heavy atom. The van der Waals surface area contributed by atoms with Crippen LogP contribution in [0.25, 0.3) is 0 Å². The minimum atomic E-state index is 0.434. The molecule has 1 fully saturated rings. The van der Waals surface area contributed by atoms with Crippen LogP contribution in [-0.2, 0) is 0 Å². The van der Waals surface area contributed by atoms with E-state index >= 15 is 0 Å². The predicted octanol–water partition coefficient (Wildman–Crippen LogP) is 2.99. The summed E-state index contributed by atoms with van der Waals surface area (Å²) in [6, 6.07) is 10.8. The van der Waals surface area contributed by atoms with Gasteiger partial charge in [-0.1, -0.05) is 0 Å². The van der Waals surface area contributed by atoms with Gasteiger partial charge in [-0.25, -0.2) is 0 Å². The molecule has 2 heteroatoms. The first-order valence-corrected chi connectivity index (χ1v) is 7.50. The molecular formula is C12H15ClSe. The third-order valence-corrected chi connectivity index (χ3v) is 6.47. The Kier molecular flexibility index (Phi) is 3.92. The molecule has 0 spiro atoms. The fourth-order valence-corrected chi connectivity index (χ4v) is 4.99. The van der Waals surface area contributed by atoms with Crippen LogP contribution in [-0.4, -0.2) is 20.3 Å². The number of halogens is 1. The van der Waals surface area contributed by atoms with Crippen LogP contribution in [0.15, 0.2) is 30.3 Å². The van der Waals surface area contributed by atoms with Crippen LogP contribution in [0, 0.1) is 0 Å². The average molecular weight is 274 g/mol. The molecule has 0 aliphatic heterocycles. The predicted molar refractivity (Wildman–Crippen MR) is 63.7 cm³/mol. The van der Waals surface area contributed by atoms with E-state index in [0.717, 1.165) is 4.82 Å². The zero-order valence-corrected chi connectivity index (χ0v) is 10.6. The molecule has 0 amide bonds. The van der Waals surface area contributed by atoms with Crippen LogP contribution in [0.1, 0.15) is 25.7 Å². The van der Waals surface area contributed by atoms with Gasteiger partial charge in [0.1, 0.15) is 0 Å². The molecule has 1 aliphatic carbocycles. The number of benzene rings is 1. The van der Waals surface area contributed by atoms with E-state index in [1.807, 2.05) is 0 Å². The maximum atomic E-state index is 6.35. The van der Waals surface area contributed by atoms with Gasteiger partial charge < -0.3 is 0 Å². The third kappa shape index (κ3) is 2.76. The van der Waals surface area contributed by atoms with Gasteiger partial charge in [0.25, 0.3) is 0 Å². The van der Waals surface area contributed by atoms with Gasteiger partial charge in [0.15, 0.2) is 0 Å². The molecule has 0 N–H and O–H groups in total. The van der Waals surface area contributed by atoms with E-state index in [4.69, 9.17) is 11.6 Å². The molecule has 14 heavy (non-hydrogen) atoms. The van der Waals surface area contributed by atoms with Crippen LogP contribution in [0.5, 0.6) is 0 Å². The summed E-state index contributed by atoms with van der Waals surface area (Å²) in [5.74, 6) is 0. The number of alkyl halides is 1. The van der Waals surface area contributed by atoms with Crippen molar-refractivity contribution in [2.45, 2.75) is 35.9 Å². The van der Waals surface area contributed by atoms with Crippen molar-refractivity contribution in [3.05, 3.63) is 30.3 Å². The summed E-state index contributed by atoms with van der Waals surface area (Å²) < 4.78 is 1.50. The molecule has 76 valence electrons. The Bertz CT molecular complexity index is 273. The summed E-state index contributed by atoms with van der Waals surface area (Å²) in [5.41, 5.74) is 0. The van der Waals surface area contributed by atoms with Crippen LogP contribution in [0.3, 0.4) is 0 Å². The summed E-state index contributed by atoms with van der Waals surface area (Å²) in [4.78, 5) is 0.764. The van der Waals surface area contributed by atoms with Crippen molar-refractivity contribution in [1.82, 2.24) is 0 Å².